The van der Waals surface area contributed by atoms with E-state index in [1.165, 1.54) is 23.5 Å². The van der Waals surface area contributed by atoms with Crippen LogP contribution in [0.5, 0.6) is 0 Å². The van der Waals surface area contributed by atoms with E-state index in [1.54, 1.807) is 17.5 Å². The summed E-state index contributed by atoms with van der Waals surface area (Å²) < 4.78 is 12.8. The molecule has 0 bridgehead atoms. The average molecular weight is 260 g/mol. The van der Waals surface area contributed by atoms with Crippen LogP contribution in [0.25, 0.3) is 10.6 Å². The second kappa shape index (κ2) is 5.43. The molecule has 1 heterocycles. The maximum atomic E-state index is 12.8. The van der Waals surface area contributed by atoms with Gasteiger partial charge in [0.25, 0.3) is 5.91 Å². The van der Waals surface area contributed by atoms with Crippen LogP contribution >= 0.6 is 11.3 Å². The Morgan fingerprint density at radius 1 is 1.44 bits per heavy atom. The minimum atomic E-state index is -0.308. The van der Waals surface area contributed by atoms with Gasteiger partial charge in [-0.3, -0.25) is 4.79 Å². The van der Waals surface area contributed by atoms with Gasteiger partial charge in [0.1, 0.15) is 16.5 Å². The van der Waals surface area contributed by atoms with Crippen LogP contribution in [-0.4, -0.2) is 17.4 Å². The largest absolute Gasteiger partial charge is 0.340 e. The zero-order chi connectivity index (χ0) is 13.0. The van der Waals surface area contributed by atoms with E-state index in [9.17, 15) is 9.18 Å². The molecule has 1 amide bonds. The van der Waals surface area contributed by atoms with Gasteiger partial charge in [-0.1, -0.05) is 5.92 Å². The van der Waals surface area contributed by atoms with Gasteiger partial charge in [-0.15, -0.1) is 17.8 Å². The highest BCUT2D eigenvalue weighted by molar-refractivity contribution is 7.13. The molecule has 18 heavy (non-hydrogen) atoms. The van der Waals surface area contributed by atoms with Gasteiger partial charge in [-0.25, -0.2) is 9.37 Å². The van der Waals surface area contributed by atoms with Gasteiger partial charge < -0.3 is 5.32 Å². The predicted octanol–water partition coefficient (Wildman–Crippen LogP) is 2.31. The molecule has 2 aromatic rings. The third-order valence-corrected chi connectivity index (χ3v) is 3.07. The van der Waals surface area contributed by atoms with Gasteiger partial charge in [-0.2, -0.15) is 0 Å². The van der Waals surface area contributed by atoms with Crippen molar-refractivity contribution in [2.24, 2.45) is 0 Å². The monoisotopic (exact) mass is 260 g/mol. The molecule has 0 fully saturated rings. The zero-order valence-corrected chi connectivity index (χ0v) is 10.1. The molecule has 5 heteroatoms. The molecule has 2 rings (SSSR count). The van der Waals surface area contributed by atoms with E-state index < -0.39 is 0 Å². The predicted molar refractivity (Wildman–Crippen MR) is 68.7 cm³/mol. The molecule has 1 N–H and O–H groups in total. The summed E-state index contributed by atoms with van der Waals surface area (Å²) >= 11 is 1.32. The normalized spacial score (nSPS) is 9.78. The van der Waals surface area contributed by atoms with Crippen molar-refractivity contribution >= 4 is 17.2 Å². The smallest absolute Gasteiger partial charge is 0.271 e. The number of hydrogen-bond acceptors (Lipinski definition) is 3. The third-order valence-electron chi connectivity index (χ3n) is 2.18. The Kier molecular flexibility index (Phi) is 3.70. The summed E-state index contributed by atoms with van der Waals surface area (Å²) in [7, 11) is 0. The quantitative estimate of drug-likeness (QED) is 0.860. The molecule has 0 aliphatic carbocycles. The minimum absolute atomic E-state index is 0.169. The first-order chi connectivity index (χ1) is 8.70. The summed E-state index contributed by atoms with van der Waals surface area (Å²) in [5.41, 5.74) is 1.09. The highest BCUT2D eigenvalue weighted by Gasteiger charge is 2.10. The minimum Gasteiger partial charge on any atom is -0.340 e. The van der Waals surface area contributed by atoms with Crippen molar-refractivity contribution in [1.82, 2.24) is 10.3 Å². The molecule has 1 aromatic carbocycles. The van der Waals surface area contributed by atoms with Gasteiger partial charge in [0, 0.05) is 10.9 Å². The summed E-state index contributed by atoms with van der Waals surface area (Å²) in [5, 5.41) is 4.84. The maximum Gasteiger partial charge on any atom is 0.271 e. The van der Waals surface area contributed by atoms with E-state index in [0.29, 0.717) is 10.7 Å². The van der Waals surface area contributed by atoms with E-state index in [4.69, 9.17) is 6.42 Å². The van der Waals surface area contributed by atoms with Crippen LogP contribution in [0.2, 0.25) is 0 Å². The van der Waals surface area contributed by atoms with Crippen molar-refractivity contribution in [1.29, 1.82) is 0 Å². The number of carbonyl (C=O) groups is 1. The lowest BCUT2D eigenvalue weighted by atomic mass is 10.2. The van der Waals surface area contributed by atoms with E-state index in [0.717, 1.165) is 5.56 Å². The number of terminal acetylenes is 1. The Morgan fingerprint density at radius 2 is 2.17 bits per heavy atom. The van der Waals surface area contributed by atoms with Crippen LogP contribution in [-0.2, 0) is 0 Å². The fourth-order valence-corrected chi connectivity index (χ4v) is 2.13. The SMILES string of the molecule is C#CCNC(=O)c1csc(-c2ccc(F)cc2)n1. The molecule has 0 unspecified atom stereocenters. The first-order valence-corrected chi connectivity index (χ1v) is 6.02. The van der Waals surface area contributed by atoms with E-state index in [-0.39, 0.29) is 18.3 Å². The fraction of sp³-hybridized carbons (Fsp3) is 0.0769. The van der Waals surface area contributed by atoms with Crippen molar-refractivity contribution < 1.29 is 9.18 Å². The first kappa shape index (κ1) is 12.3. The standard InChI is InChI=1S/C13H9FN2OS/c1-2-7-15-12(17)11-8-18-13(16-11)9-3-5-10(14)6-4-9/h1,3-6,8H,7H2,(H,15,17). The molecule has 0 spiro atoms. The summed E-state index contributed by atoms with van der Waals surface area (Å²) in [6, 6.07) is 5.96. The molecular weight excluding hydrogens is 251 g/mol. The second-order valence-electron chi connectivity index (χ2n) is 3.43. The van der Waals surface area contributed by atoms with Crippen LogP contribution in [0.1, 0.15) is 10.5 Å². The molecule has 0 saturated carbocycles. The van der Waals surface area contributed by atoms with Crippen LogP contribution in [0.4, 0.5) is 4.39 Å². The Labute approximate surface area is 108 Å². The number of nitrogens with zero attached hydrogens (tertiary/aromatic N) is 1. The molecule has 90 valence electrons. The molecule has 1 aromatic heterocycles. The van der Waals surface area contributed by atoms with Crippen molar-refractivity contribution in [2.75, 3.05) is 6.54 Å². The van der Waals surface area contributed by atoms with E-state index in [1.807, 2.05) is 0 Å². The summed E-state index contributed by atoms with van der Waals surface area (Å²) in [6.07, 6.45) is 5.05. The van der Waals surface area contributed by atoms with Crippen molar-refractivity contribution in [2.45, 2.75) is 0 Å². The highest BCUT2D eigenvalue weighted by Crippen LogP contribution is 2.23. The number of thiazole rings is 1. The van der Waals surface area contributed by atoms with Crippen molar-refractivity contribution in [3.05, 3.63) is 41.2 Å². The van der Waals surface area contributed by atoms with Crippen LogP contribution in [0.15, 0.2) is 29.6 Å². The zero-order valence-electron chi connectivity index (χ0n) is 9.31. The van der Waals surface area contributed by atoms with E-state index in [2.05, 4.69) is 16.2 Å². The van der Waals surface area contributed by atoms with Crippen LogP contribution < -0.4 is 5.32 Å². The third kappa shape index (κ3) is 2.73. The van der Waals surface area contributed by atoms with Gasteiger partial charge in [0.05, 0.1) is 6.54 Å². The number of carbonyl (C=O) groups excluding carboxylic acids is 1. The fourth-order valence-electron chi connectivity index (χ4n) is 1.32. The molecule has 3 nitrogen and oxygen atoms in total. The summed E-state index contributed by atoms with van der Waals surface area (Å²) in [4.78, 5) is 15.8. The Hall–Kier alpha value is -2.19. The molecule has 0 atom stereocenters. The number of benzene rings is 1. The van der Waals surface area contributed by atoms with Crippen LogP contribution in [0.3, 0.4) is 0 Å². The number of amides is 1. The number of aromatic nitrogens is 1. The van der Waals surface area contributed by atoms with Gasteiger partial charge in [0.2, 0.25) is 0 Å². The Bertz CT molecular complexity index is 598. The molecule has 0 saturated heterocycles. The second-order valence-corrected chi connectivity index (χ2v) is 4.29. The lowest BCUT2D eigenvalue weighted by Crippen LogP contribution is -2.23. The molecule has 0 aliphatic rings. The van der Waals surface area contributed by atoms with Gasteiger partial charge in [-0.05, 0) is 24.3 Å². The maximum absolute atomic E-state index is 12.8. The Balaban J connectivity index is 2.18. The number of rotatable bonds is 3. The van der Waals surface area contributed by atoms with Crippen molar-refractivity contribution in [3.8, 4) is 22.9 Å². The Morgan fingerprint density at radius 3 is 2.83 bits per heavy atom. The topological polar surface area (TPSA) is 42.0 Å². The molecule has 0 radical (unpaired) electrons. The van der Waals surface area contributed by atoms with Gasteiger partial charge >= 0.3 is 0 Å². The van der Waals surface area contributed by atoms with Gasteiger partial charge in [0.15, 0.2) is 0 Å². The number of nitrogens with one attached hydrogen (secondary N) is 1. The summed E-state index contributed by atoms with van der Waals surface area (Å²) in [6.45, 7) is 0.169. The van der Waals surface area contributed by atoms with Crippen LogP contribution in [0, 0.1) is 18.2 Å². The lowest BCUT2D eigenvalue weighted by Gasteiger charge is -1.97. The van der Waals surface area contributed by atoms with E-state index >= 15 is 0 Å². The number of hydrogen-bond donors (Lipinski definition) is 1. The van der Waals surface area contributed by atoms with Crippen molar-refractivity contribution in [3.63, 3.8) is 0 Å². The number of halogens is 1. The highest BCUT2D eigenvalue weighted by atomic mass is 32.1. The first-order valence-electron chi connectivity index (χ1n) is 5.14. The average Bonchev–Trinajstić information content (AvgIpc) is 2.86. The lowest BCUT2D eigenvalue weighted by molar-refractivity contribution is 0.0954. The molecule has 0 aliphatic heterocycles. The molecular formula is C13H9FN2OS. The summed E-state index contributed by atoms with van der Waals surface area (Å²) in [5.74, 6) is 1.70.